The molecule has 1 aromatic rings. The van der Waals surface area contributed by atoms with E-state index in [4.69, 9.17) is 5.11 Å². The van der Waals surface area contributed by atoms with Crippen LogP contribution in [-0.2, 0) is 6.54 Å². The third-order valence-corrected chi connectivity index (χ3v) is 4.57. The first-order valence-corrected chi connectivity index (χ1v) is 7.67. The smallest absolute Gasteiger partial charge is 0.285 e. The van der Waals surface area contributed by atoms with Gasteiger partial charge in [0.25, 0.3) is 11.2 Å². The molecule has 2 rings (SSSR count). The van der Waals surface area contributed by atoms with Crippen LogP contribution in [0.15, 0.2) is 23.1 Å². The first-order chi connectivity index (χ1) is 10.5. The Morgan fingerprint density at radius 2 is 2.05 bits per heavy atom. The Balaban J connectivity index is 1.91. The predicted octanol–water partition coefficient (Wildman–Crippen LogP) is 1.24. The van der Waals surface area contributed by atoms with Crippen molar-refractivity contribution in [2.75, 3.05) is 20.2 Å². The molecule has 122 valence electrons. The molecule has 7 heteroatoms. The molecule has 7 nitrogen and oxygen atoms in total. The molecule has 1 fully saturated rings. The summed E-state index contributed by atoms with van der Waals surface area (Å²) in [4.78, 5) is 24.2. The molecular weight excluding hydrogens is 286 g/mol. The molecule has 0 bridgehead atoms. The van der Waals surface area contributed by atoms with Crippen LogP contribution in [-0.4, -0.2) is 45.7 Å². The van der Waals surface area contributed by atoms with Crippen molar-refractivity contribution in [1.82, 2.24) is 9.47 Å². The van der Waals surface area contributed by atoms with Gasteiger partial charge in [0, 0.05) is 37.9 Å². The topological polar surface area (TPSA) is 88.6 Å². The summed E-state index contributed by atoms with van der Waals surface area (Å²) < 4.78 is 1.40. The molecule has 0 saturated heterocycles. The van der Waals surface area contributed by atoms with Crippen LogP contribution >= 0.6 is 0 Å². The number of nitro groups is 1. The lowest BCUT2D eigenvalue weighted by Crippen LogP contribution is -2.38. The van der Waals surface area contributed by atoms with Gasteiger partial charge in [-0.1, -0.05) is 0 Å². The lowest BCUT2D eigenvalue weighted by Gasteiger charge is -2.34. The highest BCUT2D eigenvalue weighted by Gasteiger charge is 2.23. The second kappa shape index (κ2) is 7.51. The zero-order valence-corrected chi connectivity index (χ0v) is 12.9. The SMILES string of the molecule is CN(CCn1cc([N+](=O)[O-])ccc1=O)C1CCC(CO)CC1. The second-order valence-corrected chi connectivity index (χ2v) is 6.01. The summed E-state index contributed by atoms with van der Waals surface area (Å²) in [5, 5.41) is 19.9. The van der Waals surface area contributed by atoms with Gasteiger partial charge in [-0.2, -0.15) is 0 Å². The lowest BCUT2D eigenvalue weighted by atomic mass is 9.86. The molecule has 0 radical (unpaired) electrons. The molecule has 0 aliphatic heterocycles. The van der Waals surface area contributed by atoms with E-state index in [1.165, 1.54) is 22.9 Å². The van der Waals surface area contributed by atoms with Crippen molar-refractivity contribution in [2.24, 2.45) is 5.92 Å². The van der Waals surface area contributed by atoms with E-state index in [2.05, 4.69) is 4.90 Å². The Morgan fingerprint density at radius 1 is 1.36 bits per heavy atom. The number of rotatable bonds is 6. The van der Waals surface area contributed by atoms with E-state index in [9.17, 15) is 14.9 Å². The number of likely N-dealkylation sites (N-methyl/N-ethyl adjacent to an activating group) is 1. The van der Waals surface area contributed by atoms with Gasteiger partial charge < -0.3 is 14.6 Å². The number of hydrogen-bond acceptors (Lipinski definition) is 5. The number of hydrogen-bond donors (Lipinski definition) is 1. The van der Waals surface area contributed by atoms with Crippen LogP contribution in [0, 0.1) is 16.0 Å². The van der Waals surface area contributed by atoms with Crippen LogP contribution in [0.1, 0.15) is 25.7 Å². The highest BCUT2D eigenvalue weighted by Crippen LogP contribution is 2.26. The summed E-state index contributed by atoms with van der Waals surface area (Å²) in [7, 11) is 2.02. The molecule has 0 amide bonds. The molecule has 1 aliphatic rings. The van der Waals surface area contributed by atoms with Gasteiger partial charge in [-0.25, -0.2) is 0 Å². The maximum Gasteiger partial charge on any atom is 0.285 e. The van der Waals surface area contributed by atoms with Crippen molar-refractivity contribution in [3.63, 3.8) is 0 Å². The van der Waals surface area contributed by atoms with Crippen LogP contribution in [0.2, 0.25) is 0 Å². The molecule has 0 aromatic carbocycles. The normalized spacial score (nSPS) is 22.0. The average Bonchev–Trinajstić information content (AvgIpc) is 2.53. The van der Waals surface area contributed by atoms with Crippen molar-refractivity contribution < 1.29 is 10.0 Å². The van der Waals surface area contributed by atoms with Gasteiger partial charge in [0.15, 0.2) is 0 Å². The number of aliphatic hydroxyl groups is 1. The van der Waals surface area contributed by atoms with E-state index in [0.717, 1.165) is 25.7 Å². The fourth-order valence-electron chi connectivity index (χ4n) is 3.02. The van der Waals surface area contributed by atoms with Gasteiger partial charge in [0.05, 0.1) is 11.1 Å². The van der Waals surface area contributed by atoms with Crippen LogP contribution in [0.25, 0.3) is 0 Å². The van der Waals surface area contributed by atoms with E-state index in [-0.39, 0.29) is 17.9 Å². The Bertz CT molecular complexity index is 564. The summed E-state index contributed by atoms with van der Waals surface area (Å²) >= 11 is 0. The van der Waals surface area contributed by atoms with E-state index < -0.39 is 4.92 Å². The van der Waals surface area contributed by atoms with Gasteiger partial charge in [-0.15, -0.1) is 0 Å². The Hall–Kier alpha value is -1.73. The molecule has 1 saturated carbocycles. The van der Waals surface area contributed by atoms with Gasteiger partial charge in [0.2, 0.25) is 0 Å². The van der Waals surface area contributed by atoms with Crippen molar-refractivity contribution in [3.05, 3.63) is 38.8 Å². The molecule has 1 aromatic heterocycles. The number of aliphatic hydroxyl groups excluding tert-OH is 1. The summed E-state index contributed by atoms with van der Waals surface area (Å²) in [6.07, 6.45) is 5.46. The zero-order chi connectivity index (χ0) is 16.1. The van der Waals surface area contributed by atoms with E-state index in [1.807, 2.05) is 7.05 Å². The fourth-order valence-corrected chi connectivity index (χ4v) is 3.02. The van der Waals surface area contributed by atoms with E-state index in [0.29, 0.717) is 25.0 Å². The van der Waals surface area contributed by atoms with Crippen LogP contribution < -0.4 is 5.56 Å². The first-order valence-electron chi connectivity index (χ1n) is 7.67. The Morgan fingerprint density at radius 3 is 2.64 bits per heavy atom. The average molecular weight is 309 g/mol. The second-order valence-electron chi connectivity index (χ2n) is 6.01. The highest BCUT2D eigenvalue weighted by atomic mass is 16.6. The third-order valence-electron chi connectivity index (χ3n) is 4.57. The van der Waals surface area contributed by atoms with Crippen LogP contribution in [0.3, 0.4) is 0 Å². The number of pyridine rings is 1. The minimum absolute atomic E-state index is 0.0642. The monoisotopic (exact) mass is 309 g/mol. The maximum absolute atomic E-state index is 11.8. The molecule has 0 spiro atoms. The molecule has 1 aliphatic carbocycles. The standard InChI is InChI=1S/C15H23N3O4/c1-16(13-4-2-12(11-19)3-5-13)8-9-17-10-14(18(21)22)6-7-15(17)20/h6-7,10,12-13,19H,2-5,8-9,11H2,1H3. The summed E-state index contributed by atoms with van der Waals surface area (Å²) in [5.74, 6) is 0.420. The van der Waals surface area contributed by atoms with Crippen LogP contribution in [0.4, 0.5) is 5.69 Å². The predicted molar refractivity (Wildman–Crippen MR) is 82.8 cm³/mol. The van der Waals surface area contributed by atoms with Gasteiger partial charge in [-0.3, -0.25) is 14.9 Å². The van der Waals surface area contributed by atoms with E-state index >= 15 is 0 Å². The Labute approximate surface area is 129 Å². The number of aromatic nitrogens is 1. The highest BCUT2D eigenvalue weighted by molar-refractivity contribution is 5.24. The summed E-state index contributed by atoms with van der Waals surface area (Å²) in [5.41, 5.74) is -0.284. The van der Waals surface area contributed by atoms with Gasteiger partial charge >= 0.3 is 0 Å². The van der Waals surface area contributed by atoms with Crippen molar-refractivity contribution >= 4 is 5.69 Å². The quantitative estimate of drug-likeness (QED) is 0.631. The minimum Gasteiger partial charge on any atom is -0.396 e. The van der Waals surface area contributed by atoms with Gasteiger partial charge in [-0.05, 0) is 38.6 Å². The minimum atomic E-state index is -0.490. The molecule has 22 heavy (non-hydrogen) atoms. The molecular formula is C15H23N3O4. The molecule has 0 atom stereocenters. The molecule has 1 N–H and O–H groups in total. The van der Waals surface area contributed by atoms with E-state index in [1.54, 1.807) is 0 Å². The van der Waals surface area contributed by atoms with Gasteiger partial charge in [0.1, 0.15) is 0 Å². The fraction of sp³-hybridized carbons (Fsp3) is 0.667. The maximum atomic E-state index is 11.8. The molecule has 0 unspecified atom stereocenters. The lowest BCUT2D eigenvalue weighted by molar-refractivity contribution is -0.385. The zero-order valence-electron chi connectivity index (χ0n) is 12.9. The number of nitrogens with zero attached hydrogens (tertiary/aromatic N) is 3. The first kappa shape index (κ1) is 16.6. The summed E-state index contributed by atoms with van der Waals surface area (Å²) in [6.45, 7) is 1.38. The Kier molecular flexibility index (Phi) is 5.68. The summed E-state index contributed by atoms with van der Waals surface area (Å²) in [6, 6.07) is 2.93. The third kappa shape index (κ3) is 4.14. The van der Waals surface area contributed by atoms with Crippen molar-refractivity contribution in [1.29, 1.82) is 0 Å². The van der Waals surface area contributed by atoms with Crippen molar-refractivity contribution in [2.45, 2.75) is 38.3 Å². The van der Waals surface area contributed by atoms with Crippen LogP contribution in [0.5, 0.6) is 0 Å². The van der Waals surface area contributed by atoms with Crippen molar-refractivity contribution in [3.8, 4) is 0 Å². The molecule has 1 heterocycles. The largest absolute Gasteiger partial charge is 0.396 e.